The molecule has 5 heteroatoms. The molecule has 18 heavy (non-hydrogen) atoms. The first-order valence-corrected chi connectivity index (χ1v) is 7.64. The highest BCUT2D eigenvalue weighted by Crippen LogP contribution is 2.28. The van der Waals surface area contributed by atoms with Crippen molar-refractivity contribution in [1.82, 2.24) is 4.98 Å². The maximum atomic E-state index is 5.77. The molecule has 0 aliphatic rings. The Morgan fingerprint density at radius 1 is 1.39 bits per heavy atom. The van der Waals surface area contributed by atoms with Gasteiger partial charge < -0.3 is 4.74 Å². The Labute approximate surface area is 124 Å². The summed E-state index contributed by atoms with van der Waals surface area (Å²) in [5.74, 6) is 1.32. The van der Waals surface area contributed by atoms with Gasteiger partial charge in [0.2, 0.25) is 0 Å². The van der Waals surface area contributed by atoms with Gasteiger partial charge in [-0.2, -0.15) is 0 Å². The fourth-order valence-corrected chi connectivity index (χ4v) is 3.04. The van der Waals surface area contributed by atoms with Crippen molar-refractivity contribution < 1.29 is 4.74 Å². The molecule has 0 amide bonds. The molecule has 0 aliphatic heterocycles. The Hall–Kier alpha value is -0.580. The lowest BCUT2D eigenvalue weighted by Gasteiger charge is -2.07. The zero-order valence-corrected chi connectivity index (χ0v) is 13.3. The molecule has 0 N–H and O–H groups in total. The summed E-state index contributed by atoms with van der Waals surface area (Å²) in [5.41, 5.74) is 2.15. The zero-order chi connectivity index (χ0) is 13.1. The van der Waals surface area contributed by atoms with Gasteiger partial charge in [-0.3, -0.25) is 0 Å². The zero-order valence-electron chi connectivity index (χ0n) is 10.2. The van der Waals surface area contributed by atoms with Crippen LogP contribution in [0.5, 0.6) is 5.75 Å². The molecule has 1 aromatic heterocycles. The van der Waals surface area contributed by atoms with Gasteiger partial charge in [0.1, 0.15) is 17.4 Å². The molecule has 0 fully saturated rings. The van der Waals surface area contributed by atoms with E-state index in [0.717, 1.165) is 26.5 Å². The summed E-state index contributed by atoms with van der Waals surface area (Å²) in [5, 5.41) is 0.998. The number of hydrogen-bond acceptors (Lipinski definition) is 3. The van der Waals surface area contributed by atoms with Crippen molar-refractivity contribution in [2.75, 3.05) is 0 Å². The van der Waals surface area contributed by atoms with Crippen LogP contribution < -0.4 is 4.74 Å². The fourth-order valence-electron chi connectivity index (χ4n) is 1.48. The van der Waals surface area contributed by atoms with Crippen molar-refractivity contribution >= 4 is 38.9 Å². The van der Waals surface area contributed by atoms with E-state index in [4.69, 9.17) is 16.3 Å². The maximum Gasteiger partial charge on any atom is 0.140 e. The third kappa shape index (κ3) is 3.25. The van der Waals surface area contributed by atoms with Gasteiger partial charge >= 0.3 is 0 Å². The molecule has 0 spiro atoms. The monoisotopic (exact) mass is 345 g/mol. The number of benzene rings is 1. The third-order valence-corrected chi connectivity index (χ3v) is 4.55. The van der Waals surface area contributed by atoms with E-state index in [1.54, 1.807) is 11.3 Å². The molecule has 0 aliphatic carbocycles. The molecule has 0 unspecified atom stereocenters. The Kier molecular flexibility index (Phi) is 4.65. The second-order valence-electron chi connectivity index (χ2n) is 3.94. The molecular formula is C13H13BrClNOS. The summed E-state index contributed by atoms with van der Waals surface area (Å²) in [7, 11) is 0. The molecule has 2 nitrogen and oxygen atoms in total. The molecule has 96 valence electrons. The van der Waals surface area contributed by atoms with E-state index in [9.17, 15) is 0 Å². The minimum atomic E-state index is 0.498. The summed E-state index contributed by atoms with van der Waals surface area (Å²) in [6.07, 6.45) is 0. The smallest absolute Gasteiger partial charge is 0.140 e. The second-order valence-corrected chi connectivity index (χ2v) is 6.35. The van der Waals surface area contributed by atoms with Gasteiger partial charge in [0.05, 0.1) is 10.2 Å². The predicted octanol–water partition coefficient (Wildman–Crippen LogP) is 4.84. The molecule has 2 rings (SSSR count). The van der Waals surface area contributed by atoms with E-state index in [2.05, 4.69) is 27.8 Å². The van der Waals surface area contributed by atoms with Crippen LogP contribution in [0.1, 0.15) is 21.1 Å². The number of thiazole rings is 1. The van der Waals surface area contributed by atoms with Gasteiger partial charge in [-0.05, 0) is 47.5 Å². The van der Waals surface area contributed by atoms with Crippen molar-refractivity contribution in [3.05, 3.63) is 43.8 Å². The highest BCUT2D eigenvalue weighted by molar-refractivity contribution is 9.10. The Morgan fingerprint density at radius 2 is 2.17 bits per heavy atom. The van der Waals surface area contributed by atoms with Crippen molar-refractivity contribution in [3.8, 4) is 5.75 Å². The second kappa shape index (κ2) is 6.04. The molecule has 0 saturated heterocycles. The van der Waals surface area contributed by atoms with Crippen LogP contribution in [0.25, 0.3) is 0 Å². The normalized spacial score (nSPS) is 10.7. The Bertz CT molecular complexity index is 536. The Balaban J connectivity index is 2.06. The fraction of sp³-hybridized carbons (Fsp3) is 0.308. The number of nitrogens with zero attached hydrogens (tertiary/aromatic N) is 1. The lowest BCUT2D eigenvalue weighted by atomic mass is 10.2. The standard InChI is InChI=1S/C13H13BrClNOS/c1-8-9(2)18-13(16-8)7-17-12-4-3-10(6-15)5-11(12)14/h3-5H,6-7H2,1-2H3. The number of halogens is 2. The minimum Gasteiger partial charge on any atom is -0.485 e. The first kappa shape index (κ1) is 13.8. The van der Waals surface area contributed by atoms with Crippen molar-refractivity contribution in [3.63, 3.8) is 0 Å². The lowest BCUT2D eigenvalue weighted by Crippen LogP contribution is -1.96. The van der Waals surface area contributed by atoms with E-state index in [1.165, 1.54) is 4.88 Å². The van der Waals surface area contributed by atoms with E-state index in [1.807, 2.05) is 25.1 Å². The van der Waals surface area contributed by atoms with Gasteiger partial charge in [0.25, 0.3) is 0 Å². The largest absolute Gasteiger partial charge is 0.485 e. The van der Waals surface area contributed by atoms with E-state index < -0.39 is 0 Å². The summed E-state index contributed by atoms with van der Waals surface area (Å²) in [6.45, 7) is 4.58. The van der Waals surface area contributed by atoms with Crippen LogP contribution in [0, 0.1) is 13.8 Å². The number of hydrogen-bond donors (Lipinski definition) is 0. The van der Waals surface area contributed by atoms with Gasteiger partial charge in [-0.15, -0.1) is 22.9 Å². The van der Waals surface area contributed by atoms with Crippen LogP contribution >= 0.6 is 38.9 Å². The van der Waals surface area contributed by atoms with Crippen LogP contribution in [0.3, 0.4) is 0 Å². The van der Waals surface area contributed by atoms with Gasteiger partial charge in [-0.25, -0.2) is 4.98 Å². The van der Waals surface area contributed by atoms with Crippen LogP contribution in [0.4, 0.5) is 0 Å². The highest BCUT2D eigenvalue weighted by Gasteiger charge is 2.06. The quantitative estimate of drug-likeness (QED) is 0.739. The van der Waals surface area contributed by atoms with Crippen LogP contribution in [-0.4, -0.2) is 4.98 Å². The van der Waals surface area contributed by atoms with Crippen LogP contribution in [0.15, 0.2) is 22.7 Å². The van der Waals surface area contributed by atoms with Gasteiger partial charge in [0, 0.05) is 10.8 Å². The van der Waals surface area contributed by atoms with Crippen molar-refractivity contribution in [1.29, 1.82) is 0 Å². The molecular weight excluding hydrogens is 334 g/mol. The number of rotatable bonds is 4. The third-order valence-electron chi connectivity index (χ3n) is 2.57. The molecule has 0 saturated carbocycles. The first-order valence-electron chi connectivity index (χ1n) is 5.50. The minimum absolute atomic E-state index is 0.498. The molecule has 0 radical (unpaired) electrons. The summed E-state index contributed by atoms with van der Waals surface area (Å²) in [6, 6.07) is 5.86. The average molecular weight is 347 g/mol. The lowest BCUT2D eigenvalue weighted by molar-refractivity contribution is 0.303. The number of aromatic nitrogens is 1. The molecule has 1 aromatic carbocycles. The summed E-state index contributed by atoms with van der Waals surface area (Å²) in [4.78, 5) is 5.69. The van der Waals surface area contributed by atoms with E-state index in [-0.39, 0.29) is 0 Å². The molecule has 2 aromatic rings. The topological polar surface area (TPSA) is 22.1 Å². The SMILES string of the molecule is Cc1nc(COc2ccc(CCl)cc2Br)sc1C. The number of aryl methyl sites for hydroxylation is 2. The van der Waals surface area contributed by atoms with E-state index in [0.29, 0.717) is 12.5 Å². The number of ether oxygens (including phenoxy) is 1. The van der Waals surface area contributed by atoms with Crippen LogP contribution in [0.2, 0.25) is 0 Å². The van der Waals surface area contributed by atoms with Gasteiger partial charge in [-0.1, -0.05) is 6.07 Å². The number of alkyl halides is 1. The maximum absolute atomic E-state index is 5.77. The average Bonchev–Trinajstić information content (AvgIpc) is 2.67. The predicted molar refractivity (Wildman–Crippen MR) is 79.6 cm³/mol. The molecule has 1 heterocycles. The van der Waals surface area contributed by atoms with Crippen LogP contribution in [-0.2, 0) is 12.5 Å². The molecule has 0 bridgehead atoms. The van der Waals surface area contributed by atoms with E-state index >= 15 is 0 Å². The molecule has 0 atom stereocenters. The van der Waals surface area contributed by atoms with Crippen molar-refractivity contribution in [2.45, 2.75) is 26.3 Å². The van der Waals surface area contributed by atoms with Crippen molar-refractivity contribution in [2.24, 2.45) is 0 Å². The Morgan fingerprint density at radius 3 is 2.72 bits per heavy atom. The van der Waals surface area contributed by atoms with Gasteiger partial charge in [0.15, 0.2) is 0 Å². The summed E-state index contributed by atoms with van der Waals surface area (Å²) < 4.78 is 6.67. The first-order chi connectivity index (χ1) is 8.60. The summed E-state index contributed by atoms with van der Waals surface area (Å²) >= 11 is 10.9. The highest BCUT2D eigenvalue weighted by atomic mass is 79.9.